The van der Waals surface area contributed by atoms with Crippen molar-refractivity contribution >= 4 is 27.3 Å². The van der Waals surface area contributed by atoms with E-state index < -0.39 is 5.82 Å². The number of carbonyl (C=O) groups is 1. The normalized spacial score (nSPS) is 23.4. The standard InChI is InChI=1S/C24H24F2N2O2S/c1-14(29)9-15-10-17-6-7-18(11-15)28(17)13-16-5-8-19(12-21(16)26)30-24-27-23-20(25)3-2-4-22(23)31-24/h2-5,8,12,15,17-18H,6-7,9-11,13H2,1H3/t15?,17-,18+. The van der Waals surface area contributed by atoms with Gasteiger partial charge in [0.1, 0.15) is 28.7 Å². The molecule has 0 N–H and O–H groups in total. The molecule has 0 amide bonds. The van der Waals surface area contributed by atoms with Crippen molar-refractivity contribution in [2.45, 2.75) is 57.7 Å². The molecule has 2 saturated heterocycles. The number of ether oxygens (including phenoxy) is 1. The number of aromatic nitrogens is 1. The molecule has 1 aromatic heterocycles. The fourth-order valence-corrected chi connectivity index (χ4v) is 6.02. The molecule has 2 fully saturated rings. The summed E-state index contributed by atoms with van der Waals surface area (Å²) >= 11 is 1.23. The Labute approximate surface area is 183 Å². The zero-order chi connectivity index (χ0) is 21.5. The third-order valence-corrected chi connectivity index (χ3v) is 7.39. The van der Waals surface area contributed by atoms with E-state index in [1.807, 2.05) is 0 Å². The van der Waals surface area contributed by atoms with Gasteiger partial charge in [0.2, 0.25) is 0 Å². The lowest BCUT2D eigenvalue weighted by Gasteiger charge is -2.39. The first-order valence-electron chi connectivity index (χ1n) is 10.7. The molecule has 3 heterocycles. The molecule has 5 rings (SSSR count). The minimum Gasteiger partial charge on any atom is -0.431 e. The molecule has 2 aliphatic heterocycles. The molecular weight excluding hydrogens is 418 g/mol. The van der Waals surface area contributed by atoms with Crippen molar-refractivity contribution in [1.82, 2.24) is 9.88 Å². The second-order valence-corrected chi connectivity index (χ2v) is 9.72. The fraction of sp³-hybridized carbons (Fsp3) is 0.417. The van der Waals surface area contributed by atoms with E-state index in [1.165, 1.54) is 23.5 Å². The van der Waals surface area contributed by atoms with Crippen molar-refractivity contribution < 1.29 is 18.3 Å². The third-order valence-electron chi connectivity index (χ3n) is 6.49. The summed E-state index contributed by atoms with van der Waals surface area (Å²) in [7, 11) is 0. The van der Waals surface area contributed by atoms with Crippen molar-refractivity contribution in [2.24, 2.45) is 5.92 Å². The maximum absolute atomic E-state index is 14.9. The van der Waals surface area contributed by atoms with E-state index >= 15 is 0 Å². The van der Waals surface area contributed by atoms with Gasteiger partial charge >= 0.3 is 0 Å². The van der Waals surface area contributed by atoms with Crippen LogP contribution < -0.4 is 4.74 Å². The van der Waals surface area contributed by atoms with Gasteiger partial charge in [-0.15, -0.1) is 0 Å². The first kappa shape index (κ1) is 20.5. The molecule has 3 atom stereocenters. The number of halogens is 2. The van der Waals surface area contributed by atoms with Crippen molar-refractivity contribution in [1.29, 1.82) is 0 Å². The number of rotatable bonds is 6. The number of piperidine rings is 1. The molecule has 0 saturated carbocycles. The number of hydrogen-bond donors (Lipinski definition) is 0. The summed E-state index contributed by atoms with van der Waals surface area (Å²) in [5, 5.41) is 0.290. The summed E-state index contributed by atoms with van der Waals surface area (Å²) in [6, 6.07) is 10.5. The fourth-order valence-electron chi connectivity index (χ4n) is 5.17. The van der Waals surface area contributed by atoms with Crippen LogP contribution in [0.25, 0.3) is 10.2 Å². The average molecular weight is 443 g/mol. The van der Waals surface area contributed by atoms with Gasteiger partial charge in [-0.25, -0.2) is 8.78 Å². The molecule has 0 spiro atoms. The van der Waals surface area contributed by atoms with Crippen LogP contribution in [0.2, 0.25) is 0 Å². The first-order chi connectivity index (χ1) is 15.0. The Morgan fingerprint density at radius 1 is 1.16 bits per heavy atom. The average Bonchev–Trinajstić information content (AvgIpc) is 3.22. The van der Waals surface area contributed by atoms with Gasteiger partial charge in [0, 0.05) is 36.7 Å². The summed E-state index contributed by atoms with van der Waals surface area (Å²) in [4.78, 5) is 18.1. The number of fused-ring (bicyclic) bond motifs is 3. The van der Waals surface area contributed by atoms with Gasteiger partial charge in [-0.2, -0.15) is 4.98 Å². The highest BCUT2D eigenvalue weighted by Gasteiger charge is 2.40. The predicted octanol–water partition coefficient (Wildman–Crippen LogP) is 6.09. The van der Waals surface area contributed by atoms with Gasteiger partial charge in [0.15, 0.2) is 0 Å². The molecule has 162 valence electrons. The molecule has 0 aliphatic carbocycles. The van der Waals surface area contributed by atoms with Gasteiger partial charge < -0.3 is 9.53 Å². The molecule has 4 nitrogen and oxygen atoms in total. The van der Waals surface area contributed by atoms with Gasteiger partial charge in [-0.05, 0) is 56.7 Å². The monoisotopic (exact) mass is 442 g/mol. The summed E-state index contributed by atoms with van der Waals surface area (Å²) in [5.74, 6) is 0.367. The summed E-state index contributed by atoms with van der Waals surface area (Å²) in [5.41, 5.74) is 0.910. The van der Waals surface area contributed by atoms with Gasteiger partial charge in [-0.1, -0.05) is 23.5 Å². The number of para-hydroxylation sites is 1. The van der Waals surface area contributed by atoms with Crippen LogP contribution in [-0.4, -0.2) is 27.8 Å². The molecular formula is C24H24F2N2O2S. The molecule has 7 heteroatoms. The molecule has 2 aromatic carbocycles. The zero-order valence-electron chi connectivity index (χ0n) is 17.3. The van der Waals surface area contributed by atoms with Crippen molar-refractivity contribution in [3.8, 4) is 10.9 Å². The number of ketones is 1. The second-order valence-electron chi connectivity index (χ2n) is 8.72. The Balaban J connectivity index is 1.28. The van der Waals surface area contributed by atoms with E-state index in [1.54, 1.807) is 31.2 Å². The van der Waals surface area contributed by atoms with Crippen LogP contribution in [0.3, 0.4) is 0 Å². The van der Waals surface area contributed by atoms with Gasteiger partial charge in [0.05, 0.1) is 4.70 Å². The van der Waals surface area contributed by atoms with E-state index in [0.29, 0.717) is 47.0 Å². The summed E-state index contributed by atoms with van der Waals surface area (Å²) < 4.78 is 35.1. The lowest BCUT2D eigenvalue weighted by atomic mass is 9.87. The number of benzene rings is 2. The van der Waals surface area contributed by atoms with Crippen LogP contribution >= 0.6 is 11.3 Å². The van der Waals surface area contributed by atoms with Crippen LogP contribution in [-0.2, 0) is 11.3 Å². The predicted molar refractivity (Wildman–Crippen MR) is 116 cm³/mol. The zero-order valence-corrected chi connectivity index (χ0v) is 18.1. The van der Waals surface area contributed by atoms with E-state index in [9.17, 15) is 13.6 Å². The Hall–Kier alpha value is -2.38. The molecule has 2 aliphatic rings. The van der Waals surface area contributed by atoms with E-state index in [4.69, 9.17) is 4.74 Å². The van der Waals surface area contributed by atoms with E-state index in [-0.39, 0.29) is 22.3 Å². The quantitative estimate of drug-likeness (QED) is 0.463. The van der Waals surface area contributed by atoms with Gasteiger partial charge in [0.25, 0.3) is 5.19 Å². The number of Topliss-reactive ketones (excluding diaryl/α,β-unsaturated/α-hetero) is 1. The van der Waals surface area contributed by atoms with Crippen molar-refractivity contribution in [2.75, 3.05) is 0 Å². The van der Waals surface area contributed by atoms with Crippen LogP contribution in [0.15, 0.2) is 36.4 Å². The van der Waals surface area contributed by atoms with Crippen LogP contribution in [0.1, 0.15) is 44.6 Å². The topological polar surface area (TPSA) is 42.4 Å². The van der Waals surface area contributed by atoms with Crippen LogP contribution in [0.4, 0.5) is 8.78 Å². The lowest BCUT2D eigenvalue weighted by Crippen LogP contribution is -2.42. The van der Waals surface area contributed by atoms with Crippen molar-refractivity contribution in [3.63, 3.8) is 0 Å². The first-order valence-corrected chi connectivity index (χ1v) is 11.5. The number of carbonyl (C=O) groups excluding carboxylic acids is 1. The number of hydrogen-bond acceptors (Lipinski definition) is 5. The molecule has 2 bridgehead atoms. The smallest absolute Gasteiger partial charge is 0.279 e. The highest BCUT2D eigenvalue weighted by Crippen LogP contribution is 2.41. The largest absolute Gasteiger partial charge is 0.431 e. The third kappa shape index (κ3) is 4.21. The second kappa shape index (κ2) is 8.28. The summed E-state index contributed by atoms with van der Waals surface area (Å²) in [6.45, 7) is 2.23. The van der Waals surface area contributed by atoms with Crippen molar-refractivity contribution in [3.05, 3.63) is 53.6 Å². The molecule has 0 radical (unpaired) electrons. The highest BCUT2D eigenvalue weighted by molar-refractivity contribution is 7.20. The SMILES string of the molecule is CC(=O)CC1C[C@H]2CC[C@@H](C1)N2Cc1ccc(Oc2nc3c(F)cccc3s2)cc1F. The minimum atomic E-state index is -0.396. The lowest BCUT2D eigenvalue weighted by molar-refractivity contribution is -0.118. The number of nitrogens with zero attached hydrogens (tertiary/aromatic N) is 2. The Kier molecular flexibility index (Phi) is 5.48. The molecule has 1 unspecified atom stereocenters. The highest BCUT2D eigenvalue weighted by atomic mass is 32.1. The Bertz CT molecular complexity index is 1120. The maximum Gasteiger partial charge on any atom is 0.279 e. The van der Waals surface area contributed by atoms with E-state index in [2.05, 4.69) is 9.88 Å². The maximum atomic E-state index is 14.9. The number of thiazole rings is 1. The Morgan fingerprint density at radius 3 is 2.61 bits per heavy atom. The van der Waals surface area contributed by atoms with Crippen LogP contribution in [0.5, 0.6) is 10.9 Å². The summed E-state index contributed by atoms with van der Waals surface area (Å²) in [6.07, 6.45) is 4.95. The minimum absolute atomic E-state index is 0.260. The molecule has 3 aromatic rings. The van der Waals surface area contributed by atoms with E-state index in [0.717, 1.165) is 25.7 Å². The molecule has 31 heavy (non-hydrogen) atoms. The van der Waals surface area contributed by atoms with Gasteiger partial charge in [-0.3, -0.25) is 4.90 Å². The van der Waals surface area contributed by atoms with Crippen LogP contribution in [0, 0.1) is 17.6 Å². The Morgan fingerprint density at radius 2 is 1.94 bits per heavy atom.